The van der Waals surface area contributed by atoms with Gasteiger partial charge in [-0.15, -0.1) is 0 Å². The second kappa shape index (κ2) is 3.85. The van der Waals surface area contributed by atoms with Gasteiger partial charge in [0, 0.05) is 0 Å². The highest BCUT2D eigenvalue weighted by Crippen LogP contribution is 2.53. The largest absolute Gasteiger partial charge is 0.0834 e. The van der Waals surface area contributed by atoms with Crippen molar-refractivity contribution in [2.45, 2.75) is 47.5 Å². The smallest absolute Gasteiger partial charge is 0.00599 e. The van der Waals surface area contributed by atoms with E-state index in [-0.39, 0.29) is 10.8 Å². The Balaban J connectivity index is 2.32. The molecule has 0 nitrogen and oxygen atoms in total. The van der Waals surface area contributed by atoms with Gasteiger partial charge in [-0.05, 0) is 52.9 Å². The summed E-state index contributed by atoms with van der Waals surface area (Å²) < 4.78 is 0. The van der Waals surface area contributed by atoms with Crippen LogP contribution in [0.5, 0.6) is 0 Å². The molecule has 0 unspecified atom stereocenters. The molecule has 0 heterocycles. The van der Waals surface area contributed by atoms with Gasteiger partial charge in [0.2, 0.25) is 0 Å². The Morgan fingerprint density at radius 3 is 2.47 bits per heavy atom. The van der Waals surface area contributed by atoms with Gasteiger partial charge >= 0.3 is 0 Å². The number of hydrogen-bond acceptors (Lipinski definition) is 0. The third-order valence-corrected chi connectivity index (χ3v) is 4.75. The van der Waals surface area contributed by atoms with Crippen LogP contribution in [0.2, 0.25) is 0 Å². The van der Waals surface area contributed by atoms with Gasteiger partial charge in [0.05, 0.1) is 0 Å². The van der Waals surface area contributed by atoms with Gasteiger partial charge < -0.3 is 0 Å². The molecule has 1 aromatic rings. The van der Waals surface area contributed by atoms with Crippen LogP contribution in [-0.4, -0.2) is 0 Å². The summed E-state index contributed by atoms with van der Waals surface area (Å²) in [4.78, 5) is 0. The summed E-state index contributed by atoms with van der Waals surface area (Å²) in [6.07, 6.45) is 7.04. The molecule has 0 amide bonds. The van der Waals surface area contributed by atoms with Crippen LogP contribution in [0.4, 0.5) is 0 Å². The van der Waals surface area contributed by atoms with Gasteiger partial charge in [0.15, 0.2) is 0 Å². The molecule has 0 bridgehead atoms. The minimum atomic E-state index is 0.254. The van der Waals surface area contributed by atoms with Crippen molar-refractivity contribution in [3.05, 3.63) is 52.6 Å². The van der Waals surface area contributed by atoms with Crippen molar-refractivity contribution in [2.24, 2.45) is 10.8 Å². The Kier molecular flexibility index (Phi) is 2.58. The number of aryl methyl sites for hydroxylation is 1. The fraction of sp³-hybridized carbons (Fsp3) is 0.474. The van der Waals surface area contributed by atoms with Crippen LogP contribution in [0.1, 0.15) is 50.8 Å². The van der Waals surface area contributed by atoms with Crippen molar-refractivity contribution in [1.29, 1.82) is 0 Å². The molecular formula is C19H24. The predicted octanol–water partition coefficient (Wildman–Crippen LogP) is 5.32. The Bertz CT molecular complexity index is 594. The molecule has 0 spiro atoms. The molecule has 100 valence electrons. The molecule has 1 aromatic carbocycles. The predicted molar refractivity (Wildman–Crippen MR) is 83.1 cm³/mol. The van der Waals surface area contributed by atoms with Gasteiger partial charge in [-0.3, -0.25) is 0 Å². The molecule has 3 rings (SSSR count). The van der Waals surface area contributed by atoms with Crippen LogP contribution in [0.3, 0.4) is 0 Å². The second-order valence-corrected chi connectivity index (χ2v) is 7.50. The molecule has 2 aliphatic rings. The highest BCUT2D eigenvalue weighted by molar-refractivity contribution is 5.81. The summed E-state index contributed by atoms with van der Waals surface area (Å²) in [7, 11) is 0. The number of benzene rings is 1. The zero-order valence-corrected chi connectivity index (χ0v) is 12.8. The van der Waals surface area contributed by atoms with E-state index in [9.17, 15) is 0 Å². The van der Waals surface area contributed by atoms with Gasteiger partial charge in [0.1, 0.15) is 0 Å². The number of fused-ring (bicyclic) bond motifs is 2. The van der Waals surface area contributed by atoms with E-state index in [1.165, 1.54) is 16.7 Å². The monoisotopic (exact) mass is 252 g/mol. The first kappa shape index (κ1) is 12.7. The van der Waals surface area contributed by atoms with Crippen molar-refractivity contribution in [2.75, 3.05) is 0 Å². The number of rotatable bonds is 0. The van der Waals surface area contributed by atoms with Crippen molar-refractivity contribution in [3.8, 4) is 0 Å². The second-order valence-electron chi connectivity index (χ2n) is 7.50. The van der Waals surface area contributed by atoms with E-state index in [2.05, 4.69) is 65.0 Å². The van der Waals surface area contributed by atoms with Gasteiger partial charge in [0.25, 0.3) is 0 Å². The standard InChI is InChI=1S/C19H24/c1-13-8-9-15-14(11-13)12-19(4,5)16-7-6-10-18(2,3)17(15)16/h6-9,11H,10,12H2,1-5H3. The van der Waals surface area contributed by atoms with E-state index in [1.54, 1.807) is 11.1 Å². The summed E-state index contributed by atoms with van der Waals surface area (Å²) in [5, 5.41) is 0. The normalized spacial score (nSPS) is 23.0. The van der Waals surface area contributed by atoms with E-state index in [0.717, 1.165) is 12.8 Å². The Morgan fingerprint density at radius 2 is 1.74 bits per heavy atom. The third kappa shape index (κ3) is 1.89. The van der Waals surface area contributed by atoms with Crippen molar-refractivity contribution < 1.29 is 0 Å². The van der Waals surface area contributed by atoms with Crippen LogP contribution in [0.25, 0.3) is 5.57 Å². The Labute approximate surface area is 117 Å². The molecule has 0 saturated heterocycles. The van der Waals surface area contributed by atoms with Gasteiger partial charge in [-0.25, -0.2) is 0 Å². The molecule has 2 aliphatic carbocycles. The molecule has 0 atom stereocenters. The lowest BCUT2D eigenvalue weighted by Crippen LogP contribution is -2.30. The maximum Gasteiger partial charge on any atom is -0.00599 e. The number of hydrogen-bond donors (Lipinski definition) is 0. The zero-order valence-electron chi connectivity index (χ0n) is 12.8. The lowest BCUT2D eigenvalue weighted by molar-refractivity contribution is 0.416. The fourth-order valence-electron chi connectivity index (χ4n) is 3.78. The van der Waals surface area contributed by atoms with Crippen LogP contribution in [-0.2, 0) is 6.42 Å². The van der Waals surface area contributed by atoms with Crippen molar-refractivity contribution in [3.63, 3.8) is 0 Å². The van der Waals surface area contributed by atoms with Crippen LogP contribution in [0, 0.1) is 17.8 Å². The SMILES string of the molecule is Cc1ccc2c(c1)CC(C)(C)C1=C2C(C)(C)CC=C1. The summed E-state index contributed by atoms with van der Waals surface area (Å²) in [6, 6.07) is 6.99. The fourth-order valence-corrected chi connectivity index (χ4v) is 3.78. The lowest BCUT2D eigenvalue weighted by Gasteiger charge is -2.43. The minimum Gasteiger partial charge on any atom is -0.0834 e. The Hall–Kier alpha value is -1.30. The van der Waals surface area contributed by atoms with E-state index >= 15 is 0 Å². The van der Waals surface area contributed by atoms with Crippen LogP contribution >= 0.6 is 0 Å². The molecule has 0 aliphatic heterocycles. The van der Waals surface area contributed by atoms with Crippen molar-refractivity contribution in [1.82, 2.24) is 0 Å². The molecule has 19 heavy (non-hydrogen) atoms. The van der Waals surface area contributed by atoms with E-state index in [4.69, 9.17) is 0 Å². The zero-order chi connectivity index (χ0) is 13.8. The molecule has 0 aromatic heterocycles. The molecule has 0 saturated carbocycles. The average molecular weight is 252 g/mol. The topological polar surface area (TPSA) is 0 Å². The molecular weight excluding hydrogens is 228 g/mol. The molecule has 0 fully saturated rings. The summed E-state index contributed by atoms with van der Waals surface area (Å²) in [5.41, 5.74) is 8.06. The summed E-state index contributed by atoms with van der Waals surface area (Å²) in [6.45, 7) is 11.7. The first-order chi connectivity index (χ1) is 8.81. The van der Waals surface area contributed by atoms with Crippen molar-refractivity contribution >= 4 is 5.57 Å². The summed E-state index contributed by atoms with van der Waals surface area (Å²) in [5.74, 6) is 0. The minimum absolute atomic E-state index is 0.254. The Morgan fingerprint density at radius 1 is 1.00 bits per heavy atom. The maximum absolute atomic E-state index is 2.39. The molecule has 0 radical (unpaired) electrons. The quantitative estimate of drug-likeness (QED) is 0.586. The molecule has 0 N–H and O–H groups in total. The number of allylic oxidation sites excluding steroid dienone is 4. The van der Waals surface area contributed by atoms with E-state index < -0.39 is 0 Å². The van der Waals surface area contributed by atoms with Gasteiger partial charge in [-0.2, -0.15) is 0 Å². The highest BCUT2D eigenvalue weighted by Gasteiger charge is 2.39. The van der Waals surface area contributed by atoms with Crippen LogP contribution in [0.15, 0.2) is 35.9 Å². The molecule has 0 heteroatoms. The highest BCUT2D eigenvalue weighted by atomic mass is 14.4. The van der Waals surface area contributed by atoms with Crippen LogP contribution < -0.4 is 0 Å². The van der Waals surface area contributed by atoms with Gasteiger partial charge in [-0.1, -0.05) is 63.6 Å². The first-order valence-corrected chi connectivity index (χ1v) is 7.33. The van der Waals surface area contributed by atoms with E-state index in [0.29, 0.717) is 0 Å². The third-order valence-electron chi connectivity index (χ3n) is 4.75. The summed E-state index contributed by atoms with van der Waals surface area (Å²) >= 11 is 0. The first-order valence-electron chi connectivity index (χ1n) is 7.33. The lowest BCUT2D eigenvalue weighted by atomic mass is 9.61. The van der Waals surface area contributed by atoms with E-state index in [1.807, 2.05) is 0 Å². The maximum atomic E-state index is 2.39. The average Bonchev–Trinajstić information content (AvgIpc) is 2.27.